The van der Waals surface area contributed by atoms with Gasteiger partial charge in [-0.05, 0) is 48.2 Å². The SMILES string of the molecule is COc1ccc(C(c2cccc(OC)c2)N2CCCC2C(=O)O)cc1. The Labute approximate surface area is 147 Å². The van der Waals surface area contributed by atoms with Gasteiger partial charge >= 0.3 is 5.97 Å². The summed E-state index contributed by atoms with van der Waals surface area (Å²) in [4.78, 5) is 13.8. The van der Waals surface area contributed by atoms with Crippen molar-refractivity contribution in [1.29, 1.82) is 0 Å². The molecule has 2 aromatic carbocycles. The maximum atomic E-state index is 11.7. The van der Waals surface area contributed by atoms with Crippen LogP contribution in [-0.2, 0) is 4.79 Å². The monoisotopic (exact) mass is 341 g/mol. The van der Waals surface area contributed by atoms with Crippen LogP contribution in [0.4, 0.5) is 0 Å². The van der Waals surface area contributed by atoms with E-state index in [1.54, 1.807) is 14.2 Å². The van der Waals surface area contributed by atoms with Crippen LogP contribution in [0.25, 0.3) is 0 Å². The van der Waals surface area contributed by atoms with Gasteiger partial charge in [0, 0.05) is 6.54 Å². The summed E-state index contributed by atoms with van der Waals surface area (Å²) in [6.07, 6.45) is 1.56. The number of nitrogens with zero attached hydrogens (tertiary/aromatic N) is 1. The molecule has 3 rings (SSSR count). The number of carboxylic acids is 1. The number of aliphatic carboxylic acids is 1. The molecule has 2 unspecified atom stereocenters. The highest BCUT2D eigenvalue weighted by Gasteiger charge is 2.36. The molecular weight excluding hydrogens is 318 g/mol. The van der Waals surface area contributed by atoms with Gasteiger partial charge in [-0.15, -0.1) is 0 Å². The number of benzene rings is 2. The molecule has 132 valence electrons. The Morgan fingerprint density at radius 3 is 2.44 bits per heavy atom. The Hall–Kier alpha value is -2.53. The summed E-state index contributed by atoms with van der Waals surface area (Å²) in [5.41, 5.74) is 2.07. The van der Waals surface area contributed by atoms with E-state index in [2.05, 4.69) is 4.90 Å². The van der Waals surface area contributed by atoms with Crippen molar-refractivity contribution in [1.82, 2.24) is 4.90 Å². The van der Waals surface area contributed by atoms with Crippen molar-refractivity contribution in [2.45, 2.75) is 24.9 Å². The lowest BCUT2D eigenvalue weighted by molar-refractivity contribution is -0.142. The van der Waals surface area contributed by atoms with Crippen molar-refractivity contribution in [3.8, 4) is 11.5 Å². The van der Waals surface area contributed by atoms with E-state index in [-0.39, 0.29) is 6.04 Å². The Balaban J connectivity index is 2.05. The molecule has 0 bridgehead atoms. The maximum absolute atomic E-state index is 11.7. The summed E-state index contributed by atoms with van der Waals surface area (Å²) in [6, 6.07) is 15.1. The number of carbonyl (C=O) groups is 1. The van der Waals surface area contributed by atoms with Crippen LogP contribution in [0.1, 0.15) is 30.0 Å². The molecule has 2 aromatic rings. The molecule has 5 heteroatoms. The van der Waals surface area contributed by atoms with Crippen LogP contribution in [0.3, 0.4) is 0 Å². The lowest BCUT2D eigenvalue weighted by atomic mass is 9.96. The summed E-state index contributed by atoms with van der Waals surface area (Å²) in [6.45, 7) is 0.755. The van der Waals surface area contributed by atoms with Crippen LogP contribution in [-0.4, -0.2) is 42.8 Å². The molecule has 1 aliphatic rings. The van der Waals surface area contributed by atoms with E-state index in [1.165, 1.54) is 0 Å². The summed E-state index contributed by atoms with van der Waals surface area (Å²) < 4.78 is 10.6. The Morgan fingerprint density at radius 2 is 1.80 bits per heavy atom. The molecule has 25 heavy (non-hydrogen) atoms. The standard InChI is InChI=1S/C20H23NO4/c1-24-16-10-8-14(9-11-16)19(15-5-3-6-17(13-15)25-2)21-12-4-7-18(21)20(22)23/h3,5-6,8-11,13,18-19H,4,7,12H2,1-2H3,(H,22,23). The largest absolute Gasteiger partial charge is 0.497 e. The first-order chi connectivity index (χ1) is 12.1. The number of hydrogen-bond donors (Lipinski definition) is 1. The van der Waals surface area contributed by atoms with Gasteiger partial charge in [-0.2, -0.15) is 0 Å². The molecular formula is C20H23NO4. The summed E-state index contributed by atoms with van der Waals surface area (Å²) in [5.74, 6) is 0.783. The molecule has 0 aromatic heterocycles. The molecule has 0 saturated carbocycles. The van der Waals surface area contributed by atoms with E-state index >= 15 is 0 Å². The van der Waals surface area contributed by atoms with Gasteiger partial charge in [-0.3, -0.25) is 9.69 Å². The predicted molar refractivity (Wildman–Crippen MR) is 95.2 cm³/mol. The topological polar surface area (TPSA) is 59.0 Å². The van der Waals surface area contributed by atoms with E-state index in [1.807, 2.05) is 48.5 Å². The highest BCUT2D eigenvalue weighted by Crippen LogP contribution is 2.36. The molecule has 1 heterocycles. The molecule has 1 N–H and O–H groups in total. The number of rotatable bonds is 6. The van der Waals surface area contributed by atoms with E-state index < -0.39 is 12.0 Å². The summed E-state index contributed by atoms with van der Waals surface area (Å²) in [7, 11) is 3.27. The molecule has 2 atom stereocenters. The van der Waals surface area contributed by atoms with Crippen LogP contribution >= 0.6 is 0 Å². The highest BCUT2D eigenvalue weighted by atomic mass is 16.5. The molecule has 1 fully saturated rings. The first-order valence-corrected chi connectivity index (χ1v) is 8.40. The zero-order valence-corrected chi connectivity index (χ0v) is 14.5. The van der Waals surface area contributed by atoms with Crippen molar-refractivity contribution >= 4 is 5.97 Å². The van der Waals surface area contributed by atoms with Gasteiger partial charge in [0.25, 0.3) is 0 Å². The van der Waals surface area contributed by atoms with E-state index in [9.17, 15) is 9.90 Å². The van der Waals surface area contributed by atoms with E-state index in [0.29, 0.717) is 6.42 Å². The highest BCUT2D eigenvalue weighted by molar-refractivity contribution is 5.74. The van der Waals surface area contributed by atoms with E-state index in [4.69, 9.17) is 9.47 Å². The maximum Gasteiger partial charge on any atom is 0.320 e. The third-order valence-corrected chi connectivity index (χ3v) is 4.75. The van der Waals surface area contributed by atoms with E-state index in [0.717, 1.165) is 35.6 Å². The van der Waals surface area contributed by atoms with Crippen molar-refractivity contribution < 1.29 is 19.4 Å². The smallest absolute Gasteiger partial charge is 0.320 e. The molecule has 0 radical (unpaired) electrons. The van der Waals surface area contributed by atoms with Gasteiger partial charge in [0.2, 0.25) is 0 Å². The molecule has 5 nitrogen and oxygen atoms in total. The first-order valence-electron chi connectivity index (χ1n) is 8.40. The van der Waals surface area contributed by atoms with Crippen LogP contribution in [0.2, 0.25) is 0 Å². The number of hydrogen-bond acceptors (Lipinski definition) is 4. The second kappa shape index (κ2) is 7.57. The van der Waals surface area contributed by atoms with Crippen LogP contribution < -0.4 is 9.47 Å². The third-order valence-electron chi connectivity index (χ3n) is 4.75. The second-order valence-corrected chi connectivity index (χ2v) is 6.19. The fourth-order valence-corrected chi connectivity index (χ4v) is 3.54. The summed E-state index contributed by atoms with van der Waals surface area (Å²) >= 11 is 0. The number of carboxylic acid groups (broad SMARTS) is 1. The number of methoxy groups -OCH3 is 2. The lowest BCUT2D eigenvalue weighted by Crippen LogP contribution is -2.39. The van der Waals surface area contributed by atoms with Crippen molar-refractivity contribution in [2.75, 3.05) is 20.8 Å². The van der Waals surface area contributed by atoms with Crippen LogP contribution in [0.5, 0.6) is 11.5 Å². The third kappa shape index (κ3) is 3.61. The molecule has 1 aliphatic heterocycles. The minimum Gasteiger partial charge on any atom is -0.497 e. The average molecular weight is 341 g/mol. The van der Waals surface area contributed by atoms with Gasteiger partial charge in [0.15, 0.2) is 0 Å². The van der Waals surface area contributed by atoms with Crippen molar-refractivity contribution in [2.24, 2.45) is 0 Å². The van der Waals surface area contributed by atoms with Crippen molar-refractivity contribution in [3.05, 3.63) is 59.7 Å². The van der Waals surface area contributed by atoms with Gasteiger partial charge in [-0.1, -0.05) is 24.3 Å². The Morgan fingerprint density at radius 1 is 1.08 bits per heavy atom. The quantitative estimate of drug-likeness (QED) is 0.873. The Bertz CT molecular complexity index is 729. The van der Waals surface area contributed by atoms with Crippen LogP contribution in [0, 0.1) is 0 Å². The minimum atomic E-state index is -0.765. The molecule has 0 amide bonds. The van der Waals surface area contributed by atoms with Gasteiger partial charge < -0.3 is 14.6 Å². The van der Waals surface area contributed by atoms with Crippen molar-refractivity contribution in [3.63, 3.8) is 0 Å². The molecule has 0 spiro atoms. The second-order valence-electron chi connectivity index (χ2n) is 6.19. The molecule has 1 saturated heterocycles. The fourth-order valence-electron chi connectivity index (χ4n) is 3.54. The predicted octanol–water partition coefficient (Wildman–Crippen LogP) is 3.34. The molecule has 0 aliphatic carbocycles. The average Bonchev–Trinajstić information content (AvgIpc) is 3.12. The normalized spacial score (nSPS) is 18.7. The summed E-state index contributed by atoms with van der Waals surface area (Å²) in [5, 5.41) is 9.62. The van der Waals surface area contributed by atoms with Gasteiger partial charge in [0.1, 0.15) is 17.5 Å². The van der Waals surface area contributed by atoms with Crippen LogP contribution in [0.15, 0.2) is 48.5 Å². The zero-order chi connectivity index (χ0) is 17.8. The zero-order valence-electron chi connectivity index (χ0n) is 14.5. The van der Waals surface area contributed by atoms with Gasteiger partial charge in [0.05, 0.1) is 20.3 Å². The first kappa shape index (κ1) is 17.3. The number of ether oxygens (including phenoxy) is 2. The fraction of sp³-hybridized carbons (Fsp3) is 0.350. The minimum absolute atomic E-state index is 0.135. The Kier molecular flexibility index (Phi) is 5.24. The van der Waals surface area contributed by atoms with Gasteiger partial charge in [-0.25, -0.2) is 0 Å². The number of likely N-dealkylation sites (tertiary alicyclic amines) is 1. The lowest BCUT2D eigenvalue weighted by Gasteiger charge is -2.32.